The molecular formula is C26H32N6O3. The van der Waals surface area contributed by atoms with Gasteiger partial charge in [0.1, 0.15) is 0 Å². The second-order valence-electron chi connectivity index (χ2n) is 8.37. The molecule has 0 radical (unpaired) electrons. The number of urea groups is 1. The van der Waals surface area contributed by atoms with E-state index in [1.54, 1.807) is 24.4 Å². The largest absolute Gasteiger partial charge is 0.377 e. The molecule has 0 aliphatic carbocycles. The van der Waals surface area contributed by atoms with Crippen molar-refractivity contribution in [3.63, 3.8) is 0 Å². The molecule has 0 aliphatic rings. The molecule has 0 atom stereocenters. The molecule has 3 amide bonds. The Bertz CT molecular complexity index is 1100. The van der Waals surface area contributed by atoms with Crippen LogP contribution in [0, 0.1) is 6.92 Å². The molecule has 9 heteroatoms. The van der Waals surface area contributed by atoms with Crippen LogP contribution >= 0.6 is 0 Å². The summed E-state index contributed by atoms with van der Waals surface area (Å²) in [4.78, 5) is 35.6. The van der Waals surface area contributed by atoms with Gasteiger partial charge in [0.05, 0.1) is 24.7 Å². The molecule has 9 nitrogen and oxygen atoms in total. The summed E-state index contributed by atoms with van der Waals surface area (Å²) >= 11 is 0. The van der Waals surface area contributed by atoms with Gasteiger partial charge < -0.3 is 20.3 Å². The number of anilines is 2. The molecule has 2 aromatic carbocycles. The summed E-state index contributed by atoms with van der Waals surface area (Å²) in [6.45, 7) is 3.97. The fourth-order valence-electron chi connectivity index (χ4n) is 3.25. The Kier molecular flexibility index (Phi) is 9.70. The van der Waals surface area contributed by atoms with Crippen molar-refractivity contribution in [1.82, 2.24) is 20.2 Å². The van der Waals surface area contributed by atoms with Crippen molar-refractivity contribution >= 4 is 23.4 Å². The molecule has 0 saturated carbocycles. The molecule has 0 saturated heterocycles. The lowest BCUT2D eigenvalue weighted by molar-refractivity contribution is 0.0949. The van der Waals surface area contributed by atoms with Crippen LogP contribution in [0.1, 0.15) is 33.6 Å². The average Bonchev–Trinajstić information content (AvgIpc) is 2.85. The maximum Gasteiger partial charge on any atom is 0.324 e. The molecule has 3 aromatic rings. The second kappa shape index (κ2) is 13.2. The van der Waals surface area contributed by atoms with E-state index in [1.165, 1.54) is 6.20 Å². The first-order chi connectivity index (χ1) is 16.9. The molecule has 35 heavy (non-hydrogen) atoms. The Morgan fingerprint density at radius 2 is 1.80 bits per heavy atom. The zero-order valence-corrected chi connectivity index (χ0v) is 20.4. The standard InChI is InChI=1S/C26H32N6O3/c1-19-15-28-24(17-27-19)31-26(34)30-23-11-10-21(14-22(23)18-35-13-7-12-32(2)3)25(33)29-16-20-8-5-4-6-9-20/h4-6,8-11,14-15,17H,7,12-13,16,18H2,1-3H3,(H,29,33)(H2,28,30,31,34). The first kappa shape index (κ1) is 25.8. The van der Waals surface area contributed by atoms with Gasteiger partial charge in [-0.25, -0.2) is 9.78 Å². The number of amides is 3. The van der Waals surface area contributed by atoms with E-state index in [9.17, 15) is 9.59 Å². The third-order valence-electron chi connectivity index (χ3n) is 5.09. The van der Waals surface area contributed by atoms with Crippen LogP contribution in [0.15, 0.2) is 60.9 Å². The maximum absolute atomic E-state index is 12.8. The van der Waals surface area contributed by atoms with Gasteiger partial charge in [0.2, 0.25) is 0 Å². The number of carbonyl (C=O) groups excluding carboxylic acids is 2. The van der Waals surface area contributed by atoms with Crippen LogP contribution in [-0.4, -0.2) is 54.1 Å². The first-order valence-corrected chi connectivity index (χ1v) is 11.4. The highest BCUT2D eigenvalue weighted by Crippen LogP contribution is 2.20. The zero-order valence-electron chi connectivity index (χ0n) is 20.4. The number of rotatable bonds is 11. The summed E-state index contributed by atoms with van der Waals surface area (Å²) in [5.74, 6) is 0.139. The number of benzene rings is 2. The highest BCUT2D eigenvalue weighted by Gasteiger charge is 2.13. The monoisotopic (exact) mass is 476 g/mol. The van der Waals surface area contributed by atoms with Crippen molar-refractivity contribution in [2.75, 3.05) is 37.9 Å². The first-order valence-electron chi connectivity index (χ1n) is 11.4. The summed E-state index contributed by atoms with van der Waals surface area (Å²) in [6.07, 6.45) is 3.94. The van der Waals surface area contributed by atoms with E-state index >= 15 is 0 Å². The van der Waals surface area contributed by atoms with Gasteiger partial charge in [-0.05, 0) is 57.7 Å². The number of ether oxygens (including phenoxy) is 1. The number of hydrogen-bond donors (Lipinski definition) is 3. The van der Waals surface area contributed by atoms with E-state index in [4.69, 9.17) is 4.74 Å². The maximum atomic E-state index is 12.8. The number of aromatic nitrogens is 2. The Morgan fingerprint density at radius 3 is 2.51 bits per heavy atom. The second-order valence-corrected chi connectivity index (χ2v) is 8.37. The Hall–Kier alpha value is -3.82. The van der Waals surface area contributed by atoms with Crippen molar-refractivity contribution < 1.29 is 14.3 Å². The fourth-order valence-corrected chi connectivity index (χ4v) is 3.25. The minimum atomic E-state index is -0.460. The molecule has 1 aromatic heterocycles. The van der Waals surface area contributed by atoms with E-state index in [1.807, 2.05) is 51.4 Å². The molecule has 3 rings (SSSR count). The predicted molar refractivity (Wildman–Crippen MR) is 136 cm³/mol. The Labute approximate surface area is 205 Å². The van der Waals surface area contributed by atoms with Crippen LogP contribution in [0.3, 0.4) is 0 Å². The van der Waals surface area contributed by atoms with E-state index in [0.717, 1.165) is 24.2 Å². The molecule has 0 aliphatic heterocycles. The van der Waals surface area contributed by atoms with E-state index < -0.39 is 6.03 Å². The topological polar surface area (TPSA) is 108 Å². The molecule has 0 fully saturated rings. The lowest BCUT2D eigenvalue weighted by atomic mass is 10.1. The van der Waals surface area contributed by atoms with Gasteiger partial charge in [-0.3, -0.25) is 15.1 Å². The van der Waals surface area contributed by atoms with Gasteiger partial charge in [0, 0.05) is 30.0 Å². The van der Waals surface area contributed by atoms with Crippen molar-refractivity contribution in [2.45, 2.75) is 26.5 Å². The van der Waals surface area contributed by atoms with Crippen LogP contribution < -0.4 is 16.0 Å². The SMILES string of the molecule is Cc1cnc(NC(=O)Nc2ccc(C(=O)NCc3ccccc3)cc2COCCCN(C)C)cn1. The third-order valence-corrected chi connectivity index (χ3v) is 5.09. The van der Waals surface area contributed by atoms with Gasteiger partial charge in [-0.15, -0.1) is 0 Å². The van der Waals surface area contributed by atoms with Crippen LogP contribution in [0.4, 0.5) is 16.3 Å². The molecule has 0 bridgehead atoms. The molecule has 3 N–H and O–H groups in total. The van der Waals surface area contributed by atoms with Crippen molar-refractivity contribution in [2.24, 2.45) is 0 Å². The number of hydrogen-bond acceptors (Lipinski definition) is 6. The summed E-state index contributed by atoms with van der Waals surface area (Å²) in [6, 6.07) is 14.4. The molecule has 1 heterocycles. The van der Waals surface area contributed by atoms with Crippen LogP contribution in [0.25, 0.3) is 0 Å². The van der Waals surface area contributed by atoms with Gasteiger partial charge in [0.25, 0.3) is 5.91 Å². The summed E-state index contributed by atoms with van der Waals surface area (Å²) in [7, 11) is 4.02. The van der Waals surface area contributed by atoms with Crippen molar-refractivity contribution in [3.05, 3.63) is 83.3 Å². The van der Waals surface area contributed by atoms with E-state index in [0.29, 0.717) is 35.8 Å². The Balaban J connectivity index is 1.67. The molecule has 184 valence electrons. The zero-order chi connectivity index (χ0) is 25.0. The number of nitrogens with zero attached hydrogens (tertiary/aromatic N) is 3. The lowest BCUT2D eigenvalue weighted by Crippen LogP contribution is -2.24. The molecular weight excluding hydrogens is 444 g/mol. The summed E-state index contributed by atoms with van der Waals surface area (Å²) in [5.41, 5.74) is 3.51. The van der Waals surface area contributed by atoms with Crippen molar-refractivity contribution in [1.29, 1.82) is 0 Å². The summed E-state index contributed by atoms with van der Waals surface area (Å²) < 4.78 is 5.84. The van der Waals surface area contributed by atoms with Crippen LogP contribution in [0.5, 0.6) is 0 Å². The highest BCUT2D eigenvalue weighted by atomic mass is 16.5. The van der Waals surface area contributed by atoms with E-state index in [2.05, 4.69) is 30.8 Å². The van der Waals surface area contributed by atoms with Crippen LogP contribution in [0.2, 0.25) is 0 Å². The normalized spacial score (nSPS) is 10.7. The average molecular weight is 477 g/mol. The van der Waals surface area contributed by atoms with Crippen LogP contribution in [-0.2, 0) is 17.9 Å². The highest BCUT2D eigenvalue weighted by molar-refractivity contribution is 6.00. The fraction of sp³-hybridized carbons (Fsp3) is 0.308. The smallest absolute Gasteiger partial charge is 0.324 e. The van der Waals surface area contributed by atoms with Crippen molar-refractivity contribution in [3.8, 4) is 0 Å². The quantitative estimate of drug-likeness (QED) is 0.363. The van der Waals surface area contributed by atoms with E-state index in [-0.39, 0.29) is 12.5 Å². The molecule has 0 spiro atoms. The van der Waals surface area contributed by atoms with Gasteiger partial charge in [0.15, 0.2) is 5.82 Å². The number of nitrogens with one attached hydrogen (secondary N) is 3. The van der Waals surface area contributed by atoms with Gasteiger partial charge >= 0.3 is 6.03 Å². The number of aryl methyl sites for hydroxylation is 1. The number of carbonyl (C=O) groups is 2. The third kappa shape index (κ3) is 8.80. The lowest BCUT2D eigenvalue weighted by Gasteiger charge is -2.15. The predicted octanol–water partition coefficient (Wildman–Crippen LogP) is 3.83. The minimum absolute atomic E-state index is 0.200. The molecule has 0 unspecified atom stereocenters. The van der Waals surface area contributed by atoms with Gasteiger partial charge in [-0.2, -0.15) is 0 Å². The minimum Gasteiger partial charge on any atom is -0.377 e. The summed E-state index contributed by atoms with van der Waals surface area (Å²) in [5, 5.41) is 8.41. The Morgan fingerprint density at radius 1 is 1.00 bits per heavy atom. The van der Waals surface area contributed by atoms with Gasteiger partial charge in [-0.1, -0.05) is 30.3 Å².